The third-order valence-corrected chi connectivity index (χ3v) is 3.25. The summed E-state index contributed by atoms with van der Waals surface area (Å²) in [5, 5.41) is 3.42. The molecule has 0 aliphatic rings. The van der Waals surface area contributed by atoms with Crippen LogP contribution < -0.4 is 5.32 Å². The molecule has 1 N–H and O–H groups in total. The molecule has 1 heteroatoms. The molecule has 0 unspecified atom stereocenters. The molecule has 0 amide bonds. The van der Waals surface area contributed by atoms with Gasteiger partial charge in [-0.15, -0.1) is 0 Å². The highest BCUT2D eigenvalue weighted by molar-refractivity contribution is 5.23. The highest BCUT2D eigenvalue weighted by Gasteiger charge is 2.31. The van der Waals surface area contributed by atoms with E-state index in [0.717, 1.165) is 0 Å². The van der Waals surface area contributed by atoms with Gasteiger partial charge in [-0.25, -0.2) is 0 Å². The van der Waals surface area contributed by atoms with E-state index in [2.05, 4.69) is 63.3 Å². The van der Waals surface area contributed by atoms with Gasteiger partial charge in [-0.3, -0.25) is 0 Å². The average molecular weight is 205 g/mol. The monoisotopic (exact) mass is 205 g/mol. The van der Waals surface area contributed by atoms with E-state index in [-0.39, 0.29) is 5.54 Å². The summed E-state index contributed by atoms with van der Waals surface area (Å²) in [6.45, 7) is 9.11. The predicted molar refractivity (Wildman–Crippen MR) is 67.2 cm³/mol. The van der Waals surface area contributed by atoms with Gasteiger partial charge in [0.05, 0.1) is 0 Å². The lowest BCUT2D eigenvalue weighted by Gasteiger charge is -2.37. The second-order valence-electron chi connectivity index (χ2n) is 5.10. The Morgan fingerprint density at radius 1 is 1.07 bits per heavy atom. The van der Waals surface area contributed by atoms with Gasteiger partial charge in [-0.1, -0.05) is 44.2 Å². The van der Waals surface area contributed by atoms with E-state index in [9.17, 15) is 0 Å². The lowest BCUT2D eigenvalue weighted by Crippen LogP contribution is -2.44. The lowest BCUT2D eigenvalue weighted by atomic mass is 9.75. The van der Waals surface area contributed by atoms with Crippen molar-refractivity contribution in [1.82, 2.24) is 5.32 Å². The van der Waals surface area contributed by atoms with Crippen LogP contribution in [0.2, 0.25) is 0 Å². The van der Waals surface area contributed by atoms with Crippen LogP contribution in [0.1, 0.15) is 39.2 Å². The van der Waals surface area contributed by atoms with Crippen LogP contribution in [0.3, 0.4) is 0 Å². The molecule has 1 atom stereocenters. The first-order valence-electron chi connectivity index (χ1n) is 5.73. The van der Waals surface area contributed by atoms with E-state index in [1.807, 2.05) is 7.05 Å². The summed E-state index contributed by atoms with van der Waals surface area (Å²) in [6, 6.07) is 10.8. The molecule has 0 spiro atoms. The largest absolute Gasteiger partial charge is 0.314 e. The van der Waals surface area contributed by atoms with Crippen LogP contribution in [0.4, 0.5) is 0 Å². The van der Waals surface area contributed by atoms with Crippen molar-refractivity contribution in [1.29, 1.82) is 0 Å². The maximum absolute atomic E-state index is 3.42. The highest BCUT2D eigenvalue weighted by Crippen LogP contribution is 2.34. The Morgan fingerprint density at radius 2 is 1.60 bits per heavy atom. The smallest absolute Gasteiger partial charge is 0.0193 e. The number of hydrogen-bond donors (Lipinski definition) is 1. The normalized spacial score (nSPS) is 14.3. The molecular formula is C14H23N. The zero-order chi connectivity index (χ0) is 11.5. The van der Waals surface area contributed by atoms with E-state index >= 15 is 0 Å². The van der Waals surface area contributed by atoms with Gasteiger partial charge in [0.15, 0.2) is 0 Å². The van der Waals surface area contributed by atoms with Crippen molar-refractivity contribution < 1.29 is 0 Å². The summed E-state index contributed by atoms with van der Waals surface area (Å²) < 4.78 is 0. The van der Waals surface area contributed by atoms with E-state index in [1.165, 1.54) is 5.56 Å². The molecule has 84 valence electrons. The van der Waals surface area contributed by atoms with Crippen LogP contribution in [0.15, 0.2) is 30.3 Å². The minimum atomic E-state index is 0.134. The van der Waals surface area contributed by atoms with Gasteiger partial charge in [-0.2, -0.15) is 0 Å². The Hall–Kier alpha value is -0.820. The molecule has 0 saturated heterocycles. The van der Waals surface area contributed by atoms with Gasteiger partial charge in [0.2, 0.25) is 0 Å². The van der Waals surface area contributed by atoms with Crippen molar-refractivity contribution in [3.05, 3.63) is 35.9 Å². The lowest BCUT2D eigenvalue weighted by molar-refractivity contribution is 0.282. The SMILES string of the molecule is CNC(C)(C)[C@@H](c1ccccc1)C(C)C. The van der Waals surface area contributed by atoms with Gasteiger partial charge in [-0.05, 0) is 32.4 Å². The molecule has 0 aromatic heterocycles. The second-order valence-corrected chi connectivity index (χ2v) is 5.10. The summed E-state index contributed by atoms with van der Waals surface area (Å²) in [7, 11) is 2.04. The first kappa shape index (κ1) is 12.3. The van der Waals surface area contributed by atoms with E-state index in [0.29, 0.717) is 11.8 Å². The molecule has 15 heavy (non-hydrogen) atoms. The molecular weight excluding hydrogens is 182 g/mol. The van der Waals surface area contributed by atoms with Crippen LogP contribution in [-0.2, 0) is 0 Å². The second kappa shape index (κ2) is 4.80. The van der Waals surface area contributed by atoms with Crippen LogP contribution >= 0.6 is 0 Å². The summed E-state index contributed by atoms with van der Waals surface area (Å²) in [6.07, 6.45) is 0. The van der Waals surface area contributed by atoms with Gasteiger partial charge < -0.3 is 5.32 Å². The third-order valence-electron chi connectivity index (χ3n) is 3.25. The van der Waals surface area contributed by atoms with Crippen LogP contribution in [0, 0.1) is 5.92 Å². The first-order valence-corrected chi connectivity index (χ1v) is 5.73. The standard InChI is InChI=1S/C14H23N/c1-11(2)13(14(3,4)15-5)12-9-7-6-8-10-12/h6-11,13,15H,1-5H3/t13-/m1/s1. The Kier molecular flexibility index (Phi) is 3.92. The van der Waals surface area contributed by atoms with E-state index in [4.69, 9.17) is 0 Å². The van der Waals surface area contributed by atoms with Crippen molar-refractivity contribution in [2.75, 3.05) is 7.05 Å². The fourth-order valence-electron chi connectivity index (χ4n) is 2.45. The van der Waals surface area contributed by atoms with Gasteiger partial charge in [0.1, 0.15) is 0 Å². The minimum absolute atomic E-state index is 0.134. The quantitative estimate of drug-likeness (QED) is 0.794. The molecule has 0 bridgehead atoms. The third kappa shape index (κ3) is 2.82. The molecule has 0 radical (unpaired) electrons. The molecule has 0 fully saturated rings. The van der Waals surface area contributed by atoms with Gasteiger partial charge >= 0.3 is 0 Å². The molecule has 0 saturated carbocycles. The Morgan fingerprint density at radius 3 is 2.00 bits per heavy atom. The van der Waals surface area contributed by atoms with Crippen LogP contribution in [-0.4, -0.2) is 12.6 Å². The number of rotatable bonds is 4. The zero-order valence-electron chi connectivity index (χ0n) is 10.5. The molecule has 0 aliphatic heterocycles. The molecule has 1 nitrogen and oxygen atoms in total. The fourth-order valence-corrected chi connectivity index (χ4v) is 2.45. The van der Waals surface area contributed by atoms with E-state index in [1.54, 1.807) is 0 Å². The minimum Gasteiger partial charge on any atom is -0.314 e. The van der Waals surface area contributed by atoms with Gasteiger partial charge in [0, 0.05) is 11.5 Å². The number of nitrogens with one attached hydrogen (secondary N) is 1. The Balaban J connectivity index is 3.04. The molecule has 1 aromatic carbocycles. The van der Waals surface area contributed by atoms with Crippen molar-refractivity contribution in [3.63, 3.8) is 0 Å². The van der Waals surface area contributed by atoms with Crippen molar-refractivity contribution in [2.45, 2.75) is 39.2 Å². The zero-order valence-corrected chi connectivity index (χ0v) is 10.5. The average Bonchev–Trinajstić information content (AvgIpc) is 2.18. The molecule has 0 aliphatic carbocycles. The van der Waals surface area contributed by atoms with Crippen molar-refractivity contribution >= 4 is 0 Å². The number of hydrogen-bond acceptors (Lipinski definition) is 1. The molecule has 1 aromatic rings. The molecule has 0 heterocycles. The van der Waals surface area contributed by atoms with Crippen LogP contribution in [0.5, 0.6) is 0 Å². The Labute approximate surface area is 93.9 Å². The topological polar surface area (TPSA) is 12.0 Å². The van der Waals surface area contributed by atoms with Gasteiger partial charge in [0.25, 0.3) is 0 Å². The number of likely N-dealkylation sites (N-methyl/N-ethyl adjacent to an activating group) is 1. The fraction of sp³-hybridized carbons (Fsp3) is 0.571. The van der Waals surface area contributed by atoms with Crippen molar-refractivity contribution in [3.8, 4) is 0 Å². The summed E-state index contributed by atoms with van der Waals surface area (Å²) in [5.41, 5.74) is 1.56. The summed E-state index contributed by atoms with van der Waals surface area (Å²) >= 11 is 0. The number of benzene rings is 1. The summed E-state index contributed by atoms with van der Waals surface area (Å²) in [5.74, 6) is 1.18. The van der Waals surface area contributed by atoms with Crippen LogP contribution in [0.25, 0.3) is 0 Å². The predicted octanol–water partition coefficient (Wildman–Crippen LogP) is 3.42. The van der Waals surface area contributed by atoms with E-state index < -0.39 is 0 Å². The summed E-state index contributed by atoms with van der Waals surface area (Å²) in [4.78, 5) is 0. The Bertz CT molecular complexity index is 287. The molecule has 1 rings (SSSR count). The maximum atomic E-state index is 3.42. The maximum Gasteiger partial charge on any atom is 0.0193 e. The van der Waals surface area contributed by atoms with Crippen molar-refractivity contribution in [2.24, 2.45) is 5.92 Å². The highest BCUT2D eigenvalue weighted by atomic mass is 14.9. The first-order chi connectivity index (χ1) is 6.99.